The summed E-state index contributed by atoms with van der Waals surface area (Å²) >= 11 is 0. The minimum Gasteiger partial charge on any atom is -0.503 e. The van der Waals surface area contributed by atoms with Gasteiger partial charge in [-0.05, 0) is 69.2 Å². The number of hydrogen-bond donors (Lipinski definition) is 1. The quantitative estimate of drug-likeness (QED) is 0.469. The van der Waals surface area contributed by atoms with Crippen LogP contribution in [0.1, 0.15) is 61.5 Å². The van der Waals surface area contributed by atoms with Gasteiger partial charge in [0.2, 0.25) is 5.78 Å². The molecular weight excluding hydrogens is 420 g/mol. The fourth-order valence-electron chi connectivity index (χ4n) is 4.15. The number of rotatable bonds is 12. The zero-order valence-electron chi connectivity index (χ0n) is 20.0. The molecule has 2 heterocycles. The largest absolute Gasteiger partial charge is 0.503 e. The van der Waals surface area contributed by atoms with Crippen molar-refractivity contribution >= 4 is 11.7 Å². The molecule has 0 radical (unpaired) electrons. The van der Waals surface area contributed by atoms with Crippen molar-refractivity contribution in [2.75, 3.05) is 32.8 Å². The molecule has 0 spiro atoms. The Labute approximate surface area is 195 Å². The molecule has 0 bridgehead atoms. The summed E-state index contributed by atoms with van der Waals surface area (Å²) in [6.45, 7) is 11.6. The highest BCUT2D eigenvalue weighted by molar-refractivity contribution is 6.15. The van der Waals surface area contributed by atoms with Gasteiger partial charge in [0, 0.05) is 6.54 Å². The highest BCUT2D eigenvalue weighted by atomic mass is 16.5. The van der Waals surface area contributed by atoms with Crippen LogP contribution < -0.4 is 4.74 Å². The summed E-state index contributed by atoms with van der Waals surface area (Å²) in [5.41, 5.74) is 0.764. The zero-order chi connectivity index (χ0) is 24.0. The number of furan rings is 1. The van der Waals surface area contributed by atoms with Gasteiger partial charge in [0.05, 0.1) is 18.2 Å². The van der Waals surface area contributed by atoms with Crippen molar-refractivity contribution in [3.63, 3.8) is 0 Å². The molecule has 1 aliphatic heterocycles. The third-order valence-corrected chi connectivity index (χ3v) is 5.93. The fraction of sp³-hybridized carbons (Fsp3) is 0.462. The number of carbonyl (C=O) groups excluding carboxylic acids is 2. The van der Waals surface area contributed by atoms with Crippen LogP contribution in [0.3, 0.4) is 0 Å². The minimum absolute atomic E-state index is 0.0461. The molecule has 7 heteroatoms. The Bertz CT molecular complexity index is 1010. The van der Waals surface area contributed by atoms with Gasteiger partial charge < -0.3 is 24.1 Å². The molecule has 2 aromatic rings. The van der Waals surface area contributed by atoms with Crippen LogP contribution in [-0.2, 0) is 4.79 Å². The van der Waals surface area contributed by atoms with E-state index >= 15 is 0 Å². The number of ketones is 1. The second kappa shape index (κ2) is 11.2. The maximum absolute atomic E-state index is 13.3. The van der Waals surface area contributed by atoms with Crippen molar-refractivity contribution < 1.29 is 23.8 Å². The van der Waals surface area contributed by atoms with E-state index in [2.05, 4.69) is 18.7 Å². The van der Waals surface area contributed by atoms with E-state index in [1.807, 2.05) is 31.2 Å². The Hall–Kier alpha value is -3.06. The molecule has 1 N–H and O–H groups in total. The predicted octanol–water partition coefficient (Wildman–Crippen LogP) is 4.69. The van der Waals surface area contributed by atoms with Gasteiger partial charge in [0.15, 0.2) is 11.5 Å². The Morgan fingerprint density at radius 3 is 2.58 bits per heavy atom. The molecule has 33 heavy (non-hydrogen) atoms. The number of aliphatic hydroxyl groups excluding tert-OH is 1. The standard InChI is InChI=1S/C26H34N2O5/c1-5-16-32-20-11-8-10-19(17-20)23-22(24(29)21-13-12-18(4)33-21)25(30)26(31)28(23)15-9-14-27(6-2)7-3/h8,10-13,17,23,30H,5-7,9,14-16H2,1-4H3. The van der Waals surface area contributed by atoms with E-state index < -0.39 is 23.5 Å². The summed E-state index contributed by atoms with van der Waals surface area (Å²) in [5, 5.41) is 10.8. The predicted molar refractivity (Wildman–Crippen MR) is 127 cm³/mol. The van der Waals surface area contributed by atoms with E-state index in [4.69, 9.17) is 9.15 Å². The average Bonchev–Trinajstić information content (AvgIpc) is 3.36. The number of Topliss-reactive ketones (excluding diaryl/α,β-unsaturated/α-hetero) is 1. The SMILES string of the molecule is CCCOc1cccc(C2C(C(=O)c3ccc(C)o3)=C(O)C(=O)N2CCCN(CC)CC)c1. The van der Waals surface area contributed by atoms with Crippen molar-refractivity contribution in [3.8, 4) is 5.75 Å². The summed E-state index contributed by atoms with van der Waals surface area (Å²) in [7, 11) is 0. The molecule has 1 aromatic heterocycles. The maximum Gasteiger partial charge on any atom is 0.290 e. The summed E-state index contributed by atoms with van der Waals surface area (Å²) in [5.74, 6) is -0.171. The summed E-state index contributed by atoms with van der Waals surface area (Å²) < 4.78 is 11.3. The molecule has 3 rings (SSSR count). The maximum atomic E-state index is 13.3. The average molecular weight is 455 g/mol. The molecule has 0 aliphatic carbocycles. The summed E-state index contributed by atoms with van der Waals surface area (Å²) in [6, 6.07) is 9.94. The third kappa shape index (κ3) is 5.47. The molecule has 7 nitrogen and oxygen atoms in total. The number of ether oxygens (including phenoxy) is 1. The van der Waals surface area contributed by atoms with E-state index in [1.165, 1.54) is 0 Å². The van der Waals surface area contributed by atoms with Gasteiger partial charge >= 0.3 is 0 Å². The smallest absolute Gasteiger partial charge is 0.290 e. The lowest BCUT2D eigenvalue weighted by molar-refractivity contribution is -0.129. The van der Waals surface area contributed by atoms with Gasteiger partial charge in [-0.2, -0.15) is 0 Å². The lowest BCUT2D eigenvalue weighted by Gasteiger charge is -2.28. The molecule has 1 atom stereocenters. The van der Waals surface area contributed by atoms with Crippen LogP contribution in [0.2, 0.25) is 0 Å². The topological polar surface area (TPSA) is 83.2 Å². The minimum atomic E-state index is -0.711. The van der Waals surface area contributed by atoms with Gasteiger partial charge in [0.25, 0.3) is 5.91 Å². The number of aliphatic hydroxyl groups is 1. The molecule has 0 fully saturated rings. The van der Waals surface area contributed by atoms with Crippen molar-refractivity contribution in [2.24, 2.45) is 0 Å². The monoisotopic (exact) mass is 454 g/mol. The summed E-state index contributed by atoms with van der Waals surface area (Å²) in [4.78, 5) is 30.3. The van der Waals surface area contributed by atoms with Gasteiger partial charge in [-0.3, -0.25) is 9.59 Å². The van der Waals surface area contributed by atoms with E-state index in [9.17, 15) is 14.7 Å². The van der Waals surface area contributed by atoms with Crippen molar-refractivity contribution in [1.82, 2.24) is 9.80 Å². The number of hydrogen-bond acceptors (Lipinski definition) is 6. The first-order valence-corrected chi connectivity index (χ1v) is 11.7. The van der Waals surface area contributed by atoms with E-state index in [0.717, 1.165) is 38.0 Å². The number of amides is 1. The Balaban J connectivity index is 1.96. The van der Waals surface area contributed by atoms with Crippen LogP contribution in [0.5, 0.6) is 5.75 Å². The van der Waals surface area contributed by atoms with Crippen molar-refractivity contribution in [2.45, 2.75) is 46.6 Å². The second-order valence-electron chi connectivity index (χ2n) is 8.20. The van der Waals surface area contributed by atoms with Crippen LogP contribution in [0.25, 0.3) is 0 Å². The highest BCUT2D eigenvalue weighted by Crippen LogP contribution is 2.40. The van der Waals surface area contributed by atoms with Crippen LogP contribution in [-0.4, -0.2) is 59.4 Å². The number of nitrogens with zero attached hydrogens (tertiary/aromatic N) is 2. The van der Waals surface area contributed by atoms with E-state index in [1.54, 1.807) is 24.0 Å². The Morgan fingerprint density at radius 2 is 1.94 bits per heavy atom. The van der Waals surface area contributed by atoms with Gasteiger partial charge in [-0.15, -0.1) is 0 Å². The van der Waals surface area contributed by atoms with Crippen LogP contribution in [0.4, 0.5) is 0 Å². The fourth-order valence-corrected chi connectivity index (χ4v) is 4.15. The Kier molecular flexibility index (Phi) is 8.33. The lowest BCUT2D eigenvalue weighted by atomic mass is 9.95. The van der Waals surface area contributed by atoms with Crippen molar-refractivity contribution in [1.29, 1.82) is 0 Å². The van der Waals surface area contributed by atoms with Gasteiger partial charge in [0.1, 0.15) is 11.5 Å². The highest BCUT2D eigenvalue weighted by Gasteiger charge is 2.44. The summed E-state index contributed by atoms with van der Waals surface area (Å²) in [6.07, 6.45) is 1.59. The second-order valence-corrected chi connectivity index (χ2v) is 8.20. The first kappa shape index (κ1) is 24.6. The molecular formula is C26H34N2O5. The number of benzene rings is 1. The first-order chi connectivity index (χ1) is 15.9. The van der Waals surface area contributed by atoms with Crippen LogP contribution >= 0.6 is 0 Å². The molecule has 1 aliphatic rings. The van der Waals surface area contributed by atoms with Gasteiger partial charge in [-0.1, -0.05) is 32.9 Å². The molecule has 0 saturated heterocycles. The molecule has 1 unspecified atom stereocenters. The molecule has 1 amide bonds. The molecule has 0 saturated carbocycles. The van der Waals surface area contributed by atoms with Gasteiger partial charge in [-0.25, -0.2) is 0 Å². The third-order valence-electron chi connectivity index (χ3n) is 5.93. The molecule has 178 valence electrons. The zero-order valence-corrected chi connectivity index (χ0v) is 20.0. The van der Waals surface area contributed by atoms with E-state index in [0.29, 0.717) is 24.7 Å². The van der Waals surface area contributed by atoms with Crippen LogP contribution in [0.15, 0.2) is 52.1 Å². The number of carbonyl (C=O) groups is 2. The first-order valence-electron chi connectivity index (χ1n) is 11.7. The Morgan fingerprint density at radius 1 is 1.18 bits per heavy atom. The number of aryl methyl sites for hydroxylation is 1. The normalized spacial score (nSPS) is 16.2. The lowest BCUT2D eigenvalue weighted by Crippen LogP contribution is -2.34. The molecule has 1 aromatic carbocycles. The van der Waals surface area contributed by atoms with Crippen LogP contribution in [0, 0.1) is 6.92 Å². The van der Waals surface area contributed by atoms with Crippen molar-refractivity contribution in [3.05, 3.63) is 64.8 Å². The van der Waals surface area contributed by atoms with E-state index in [-0.39, 0.29) is 11.3 Å².